The summed E-state index contributed by atoms with van der Waals surface area (Å²) in [6, 6.07) is 10.9. The Hall–Kier alpha value is -3.13. The summed E-state index contributed by atoms with van der Waals surface area (Å²) < 4.78 is 17.1. The molecule has 0 spiro atoms. The molecule has 4 rings (SSSR count). The van der Waals surface area contributed by atoms with Gasteiger partial charge in [0.25, 0.3) is 0 Å². The second-order valence-corrected chi connectivity index (χ2v) is 7.85. The van der Waals surface area contributed by atoms with Gasteiger partial charge in [-0.2, -0.15) is 0 Å². The number of halogens is 1. The highest BCUT2D eigenvalue weighted by molar-refractivity contribution is 9.10. The molecule has 1 fully saturated rings. The van der Waals surface area contributed by atoms with Crippen LogP contribution in [-0.4, -0.2) is 38.0 Å². The Morgan fingerprint density at radius 1 is 1.23 bits per heavy atom. The third-order valence-electron chi connectivity index (χ3n) is 4.96. The van der Waals surface area contributed by atoms with E-state index < -0.39 is 5.97 Å². The van der Waals surface area contributed by atoms with Crippen LogP contribution < -0.4 is 14.4 Å². The number of hydrogen-bond donors (Lipinski definition) is 0. The standard InChI is InChI=1S/C23H21BrN2O5/c1-3-30-21-17(24)11-14(13-19(21)29-2)12-18-23(28)31-22(25-18)15-6-8-16(9-7-15)26-10-4-5-20(26)27/h6-9,11-13H,3-5,10H2,1-2H3/b18-12-. The number of nitrogens with zero attached hydrogens (tertiary/aromatic N) is 2. The number of benzene rings is 2. The molecule has 0 unspecified atom stereocenters. The van der Waals surface area contributed by atoms with Crippen molar-refractivity contribution in [1.82, 2.24) is 0 Å². The summed E-state index contributed by atoms with van der Waals surface area (Å²) in [4.78, 5) is 30.4. The molecular weight excluding hydrogens is 464 g/mol. The van der Waals surface area contributed by atoms with Crippen molar-refractivity contribution in [1.29, 1.82) is 0 Å². The molecule has 2 heterocycles. The monoisotopic (exact) mass is 484 g/mol. The quantitative estimate of drug-likeness (QED) is 0.450. The summed E-state index contributed by atoms with van der Waals surface area (Å²) in [6.45, 7) is 3.12. The molecule has 7 nitrogen and oxygen atoms in total. The smallest absolute Gasteiger partial charge is 0.363 e. The van der Waals surface area contributed by atoms with E-state index in [1.165, 1.54) is 0 Å². The van der Waals surface area contributed by atoms with Crippen LogP contribution >= 0.6 is 15.9 Å². The van der Waals surface area contributed by atoms with Crippen LogP contribution in [0.5, 0.6) is 11.5 Å². The maximum absolute atomic E-state index is 12.4. The van der Waals surface area contributed by atoms with E-state index in [1.807, 2.05) is 25.1 Å². The van der Waals surface area contributed by atoms with E-state index in [1.54, 1.807) is 36.3 Å². The minimum atomic E-state index is -0.530. The molecular formula is C23H21BrN2O5. The second-order valence-electron chi connectivity index (χ2n) is 7.00. The number of ether oxygens (including phenoxy) is 3. The molecule has 8 heteroatoms. The second kappa shape index (κ2) is 8.93. The van der Waals surface area contributed by atoms with Crippen LogP contribution in [0.15, 0.2) is 51.6 Å². The van der Waals surface area contributed by atoms with Crippen LogP contribution in [0, 0.1) is 0 Å². The molecule has 0 aliphatic carbocycles. The summed E-state index contributed by atoms with van der Waals surface area (Å²) in [7, 11) is 1.56. The molecule has 2 aromatic rings. The first-order chi connectivity index (χ1) is 15.0. The molecule has 0 aromatic heterocycles. The van der Waals surface area contributed by atoms with Gasteiger partial charge in [-0.15, -0.1) is 0 Å². The number of anilines is 1. The van der Waals surface area contributed by atoms with E-state index in [-0.39, 0.29) is 17.5 Å². The van der Waals surface area contributed by atoms with Crippen LogP contribution in [0.4, 0.5) is 5.69 Å². The molecule has 0 bridgehead atoms. The highest BCUT2D eigenvalue weighted by atomic mass is 79.9. The fourth-order valence-electron chi connectivity index (χ4n) is 3.50. The van der Waals surface area contributed by atoms with Gasteiger partial charge in [0.05, 0.1) is 18.2 Å². The van der Waals surface area contributed by atoms with Crippen LogP contribution in [0.1, 0.15) is 30.9 Å². The first-order valence-electron chi connectivity index (χ1n) is 9.94. The number of aliphatic imine (C=N–C) groups is 1. The van der Waals surface area contributed by atoms with Crippen LogP contribution in [-0.2, 0) is 14.3 Å². The Labute approximate surface area is 188 Å². The number of amides is 1. The lowest BCUT2D eigenvalue weighted by molar-refractivity contribution is -0.130. The van der Waals surface area contributed by atoms with Gasteiger partial charge in [0, 0.05) is 24.2 Å². The zero-order chi connectivity index (χ0) is 22.0. The fourth-order valence-corrected chi connectivity index (χ4v) is 4.08. The SMILES string of the molecule is CCOc1c(Br)cc(/C=C2\N=C(c3ccc(N4CCCC4=O)cc3)OC2=O)cc1OC. The number of hydrogen-bond acceptors (Lipinski definition) is 6. The lowest BCUT2D eigenvalue weighted by atomic mass is 10.1. The average molecular weight is 485 g/mol. The van der Waals surface area contributed by atoms with E-state index >= 15 is 0 Å². The maximum Gasteiger partial charge on any atom is 0.363 e. The first-order valence-corrected chi connectivity index (χ1v) is 10.7. The summed E-state index contributed by atoms with van der Waals surface area (Å²) in [6.07, 6.45) is 3.08. The van der Waals surface area contributed by atoms with Crippen molar-refractivity contribution >= 4 is 45.5 Å². The van der Waals surface area contributed by atoms with Crippen LogP contribution in [0.3, 0.4) is 0 Å². The third-order valence-corrected chi connectivity index (χ3v) is 5.55. The van der Waals surface area contributed by atoms with Gasteiger partial charge in [0.2, 0.25) is 11.8 Å². The Bertz CT molecular complexity index is 1090. The van der Waals surface area contributed by atoms with E-state index in [2.05, 4.69) is 20.9 Å². The molecule has 0 N–H and O–H groups in total. The van der Waals surface area contributed by atoms with Crippen molar-refractivity contribution in [3.05, 3.63) is 57.7 Å². The van der Waals surface area contributed by atoms with Gasteiger partial charge in [0.1, 0.15) is 0 Å². The van der Waals surface area contributed by atoms with E-state index in [9.17, 15) is 9.59 Å². The van der Waals surface area contributed by atoms with Gasteiger partial charge in [-0.05, 0) is 77.3 Å². The largest absolute Gasteiger partial charge is 0.493 e. The van der Waals surface area contributed by atoms with Crippen molar-refractivity contribution in [2.24, 2.45) is 4.99 Å². The molecule has 2 aliphatic heterocycles. The maximum atomic E-state index is 12.4. The number of cyclic esters (lactones) is 1. The predicted octanol–water partition coefficient (Wildman–Crippen LogP) is 4.33. The predicted molar refractivity (Wildman–Crippen MR) is 120 cm³/mol. The Kier molecular flexibility index (Phi) is 6.08. The molecule has 1 saturated heterocycles. The summed E-state index contributed by atoms with van der Waals surface area (Å²) in [5, 5.41) is 0. The van der Waals surface area contributed by atoms with Crippen molar-refractivity contribution in [2.45, 2.75) is 19.8 Å². The molecule has 2 aromatic carbocycles. The van der Waals surface area contributed by atoms with E-state index in [0.717, 1.165) is 18.7 Å². The Morgan fingerprint density at radius 3 is 2.65 bits per heavy atom. The normalized spacial score (nSPS) is 17.2. The Morgan fingerprint density at radius 2 is 2.00 bits per heavy atom. The highest BCUT2D eigenvalue weighted by Gasteiger charge is 2.26. The molecule has 0 atom stereocenters. The van der Waals surface area contributed by atoms with Crippen molar-refractivity contribution in [2.75, 3.05) is 25.2 Å². The van der Waals surface area contributed by atoms with Crippen molar-refractivity contribution < 1.29 is 23.8 Å². The molecule has 0 radical (unpaired) electrons. The fraction of sp³-hybridized carbons (Fsp3) is 0.261. The Balaban J connectivity index is 1.59. The number of rotatable bonds is 6. The molecule has 160 valence electrons. The molecule has 0 saturated carbocycles. The minimum Gasteiger partial charge on any atom is -0.493 e. The zero-order valence-electron chi connectivity index (χ0n) is 17.2. The summed E-state index contributed by atoms with van der Waals surface area (Å²) in [5.74, 6) is 0.970. The average Bonchev–Trinajstić information content (AvgIpc) is 3.35. The van der Waals surface area contributed by atoms with Gasteiger partial charge >= 0.3 is 5.97 Å². The van der Waals surface area contributed by atoms with Gasteiger partial charge < -0.3 is 19.1 Å². The summed E-state index contributed by atoms with van der Waals surface area (Å²) >= 11 is 3.48. The number of esters is 1. The van der Waals surface area contributed by atoms with Gasteiger partial charge in [-0.25, -0.2) is 9.79 Å². The van der Waals surface area contributed by atoms with E-state index in [0.29, 0.717) is 40.1 Å². The number of carbonyl (C=O) groups excluding carboxylic acids is 2. The van der Waals surface area contributed by atoms with E-state index in [4.69, 9.17) is 14.2 Å². The van der Waals surface area contributed by atoms with Crippen LogP contribution in [0.25, 0.3) is 6.08 Å². The van der Waals surface area contributed by atoms with Crippen molar-refractivity contribution in [3.8, 4) is 11.5 Å². The van der Waals surface area contributed by atoms with Crippen molar-refractivity contribution in [3.63, 3.8) is 0 Å². The summed E-state index contributed by atoms with van der Waals surface area (Å²) in [5.41, 5.74) is 2.40. The highest BCUT2D eigenvalue weighted by Crippen LogP contribution is 2.37. The van der Waals surface area contributed by atoms with Crippen LogP contribution in [0.2, 0.25) is 0 Å². The molecule has 31 heavy (non-hydrogen) atoms. The van der Waals surface area contributed by atoms with Gasteiger partial charge in [0.15, 0.2) is 17.2 Å². The lowest BCUT2D eigenvalue weighted by Gasteiger charge is -2.15. The zero-order valence-corrected chi connectivity index (χ0v) is 18.8. The van der Waals surface area contributed by atoms with Gasteiger partial charge in [-0.1, -0.05) is 0 Å². The number of methoxy groups -OCH3 is 1. The molecule has 1 amide bonds. The topological polar surface area (TPSA) is 77.4 Å². The third kappa shape index (κ3) is 4.34. The number of carbonyl (C=O) groups is 2. The van der Waals surface area contributed by atoms with Gasteiger partial charge in [-0.3, -0.25) is 4.79 Å². The minimum absolute atomic E-state index is 0.125. The molecule has 2 aliphatic rings. The first kappa shape index (κ1) is 21.1. The lowest BCUT2D eigenvalue weighted by Crippen LogP contribution is -2.23.